The van der Waals surface area contributed by atoms with Crippen molar-refractivity contribution in [2.24, 2.45) is 5.92 Å². The summed E-state index contributed by atoms with van der Waals surface area (Å²) in [5.41, 5.74) is 7.25. The molecule has 0 aliphatic rings. The van der Waals surface area contributed by atoms with E-state index in [9.17, 15) is 9.90 Å². The second kappa shape index (κ2) is 5.69. The molecule has 0 radical (unpaired) electrons. The number of carbonyl (C=O) groups is 1. The largest absolute Gasteiger partial charge is 0.493 e. The topological polar surface area (TPSA) is 88.3 Å². The Balaban J connectivity index is 2.24. The lowest BCUT2D eigenvalue weighted by atomic mass is 10.1. The van der Waals surface area contributed by atoms with Crippen LogP contribution in [-0.2, 0) is 0 Å². The highest BCUT2D eigenvalue weighted by molar-refractivity contribution is 6.00. The number of anilines is 1. The lowest BCUT2D eigenvalue weighted by Gasteiger charge is -2.09. The predicted octanol–water partition coefficient (Wildman–Crippen LogP) is 3.00. The predicted molar refractivity (Wildman–Crippen MR) is 77.9 cm³/mol. The van der Waals surface area contributed by atoms with Crippen LogP contribution in [0.3, 0.4) is 0 Å². The van der Waals surface area contributed by atoms with E-state index < -0.39 is 5.97 Å². The first-order valence-electron chi connectivity index (χ1n) is 6.42. The van der Waals surface area contributed by atoms with E-state index in [1.807, 2.05) is 24.3 Å². The maximum atomic E-state index is 11.2. The van der Waals surface area contributed by atoms with E-state index in [1.165, 1.54) is 6.20 Å². The molecule has 0 atom stereocenters. The molecule has 2 aromatic rings. The molecule has 0 unspecified atom stereocenters. The number of rotatable bonds is 5. The van der Waals surface area contributed by atoms with Gasteiger partial charge in [-0.1, -0.05) is 13.8 Å². The van der Waals surface area contributed by atoms with E-state index in [2.05, 4.69) is 18.8 Å². The van der Waals surface area contributed by atoms with Gasteiger partial charge in [-0.15, -0.1) is 0 Å². The van der Waals surface area contributed by atoms with Crippen LogP contribution in [0.5, 0.6) is 5.75 Å². The van der Waals surface area contributed by atoms with Gasteiger partial charge >= 0.3 is 5.97 Å². The molecular formula is C15H18N2O3. The summed E-state index contributed by atoms with van der Waals surface area (Å²) in [6.45, 7) is 4.81. The van der Waals surface area contributed by atoms with Gasteiger partial charge < -0.3 is 20.6 Å². The van der Waals surface area contributed by atoms with Crippen molar-refractivity contribution in [3.8, 4) is 17.0 Å². The zero-order valence-electron chi connectivity index (χ0n) is 11.5. The van der Waals surface area contributed by atoms with Crippen LogP contribution in [0.2, 0.25) is 0 Å². The number of aromatic carboxylic acids is 1. The van der Waals surface area contributed by atoms with Crippen molar-refractivity contribution < 1.29 is 14.6 Å². The van der Waals surface area contributed by atoms with Crippen LogP contribution in [0, 0.1) is 5.92 Å². The van der Waals surface area contributed by atoms with E-state index in [4.69, 9.17) is 10.5 Å². The summed E-state index contributed by atoms with van der Waals surface area (Å²) in [6.07, 6.45) is 1.49. The standard InChI is InChI=1S/C15H18N2O3/c1-9(2)8-20-11-5-3-10(4-6-11)14-13(15(18)19)12(16)7-17-14/h3-7,9,17H,8,16H2,1-2H3,(H,18,19). The minimum Gasteiger partial charge on any atom is -0.493 e. The van der Waals surface area contributed by atoms with Crippen molar-refractivity contribution in [2.45, 2.75) is 13.8 Å². The maximum absolute atomic E-state index is 11.2. The SMILES string of the molecule is CC(C)COc1ccc(-c2[nH]cc(N)c2C(=O)O)cc1. The molecule has 5 nitrogen and oxygen atoms in total. The van der Waals surface area contributed by atoms with Crippen molar-refractivity contribution in [3.63, 3.8) is 0 Å². The lowest BCUT2D eigenvalue weighted by molar-refractivity contribution is 0.0699. The fraction of sp³-hybridized carbons (Fsp3) is 0.267. The molecule has 1 aromatic heterocycles. The van der Waals surface area contributed by atoms with Gasteiger partial charge in [0.2, 0.25) is 0 Å². The maximum Gasteiger partial charge on any atom is 0.340 e. The van der Waals surface area contributed by atoms with E-state index >= 15 is 0 Å². The minimum absolute atomic E-state index is 0.0980. The smallest absolute Gasteiger partial charge is 0.340 e. The van der Waals surface area contributed by atoms with E-state index in [0.717, 1.165) is 11.3 Å². The average Bonchev–Trinajstić information content (AvgIpc) is 2.79. The summed E-state index contributed by atoms with van der Waals surface area (Å²) in [7, 11) is 0. The first-order chi connectivity index (χ1) is 9.49. The highest BCUT2D eigenvalue weighted by Crippen LogP contribution is 2.28. The Morgan fingerprint density at radius 3 is 2.55 bits per heavy atom. The van der Waals surface area contributed by atoms with Crippen LogP contribution in [0.15, 0.2) is 30.5 Å². The van der Waals surface area contributed by atoms with E-state index in [1.54, 1.807) is 0 Å². The molecule has 2 rings (SSSR count). The average molecular weight is 274 g/mol. The molecule has 5 heteroatoms. The third-order valence-electron chi connectivity index (χ3n) is 2.85. The number of H-pyrrole nitrogens is 1. The van der Waals surface area contributed by atoms with Crippen molar-refractivity contribution in [1.29, 1.82) is 0 Å². The van der Waals surface area contributed by atoms with Gasteiger partial charge in [0, 0.05) is 6.20 Å². The third-order valence-corrected chi connectivity index (χ3v) is 2.85. The zero-order chi connectivity index (χ0) is 14.7. The van der Waals surface area contributed by atoms with Crippen LogP contribution < -0.4 is 10.5 Å². The van der Waals surface area contributed by atoms with Gasteiger partial charge in [0.25, 0.3) is 0 Å². The van der Waals surface area contributed by atoms with Crippen LogP contribution in [0.4, 0.5) is 5.69 Å². The fourth-order valence-electron chi connectivity index (χ4n) is 1.88. The summed E-state index contributed by atoms with van der Waals surface area (Å²) >= 11 is 0. The lowest BCUT2D eigenvalue weighted by Crippen LogP contribution is -2.04. The van der Waals surface area contributed by atoms with Crippen LogP contribution in [-0.4, -0.2) is 22.7 Å². The highest BCUT2D eigenvalue weighted by Gasteiger charge is 2.17. The molecule has 20 heavy (non-hydrogen) atoms. The number of aromatic nitrogens is 1. The monoisotopic (exact) mass is 274 g/mol. The Kier molecular flexibility index (Phi) is 3.98. The number of nitrogen functional groups attached to an aromatic ring is 1. The molecular weight excluding hydrogens is 256 g/mol. The van der Waals surface area contributed by atoms with Gasteiger partial charge in [-0.25, -0.2) is 4.79 Å². The molecule has 4 N–H and O–H groups in total. The molecule has 0 bridgehead atoms. The summed E-state index contributed by atoms with van der Waals surface area (Å²) < 4.78 is 5.59. The fourth-order valence-corrected chi connectivity index (χ4v) is 1.88. The number of hydrogen-bond donors (Lipinski definition) is 3. The molecule has 0 spiro atoms. The number of nitrogens with two attached hydrogens (primary N) is 1. The number of aromatic amines is 1. The number of carboxylic acid groups (broad SMARTS) is 1. The molecule has 1 aromatic carbocycles. The number of hydrogen-bond acceptors (Lipinski definition) is 3. The number of carboxylic acids is 1. The molecule has 0 aliphatic carbocycles. The number of nitrogens with one attached hydrogen (secondary N) is 1. The number of benzene rings is 1. The Morgan fingerprint density at radius 2 is 2.00 bits per heavy atom. The zero-order valence-corrected chi connectivity index (χ0v) is 11.5. The van der Waals surface area contributed by atoms with Crippen LogP contribution >= 0.6 is 0 Å². The molecule has 0 amide bonds. The van der Waals surface area contributed by atoms with Crippen LogP contribution in [0.1, 0.15) is 24.2 Å². The first kappa shape index (κ1) is 14.0. The Hall–Kier alpha value is -2.43. The molecule has 0 saturated carbocycles. The van der Waals surface area contributed by atoms with Gasteiger partial charge in [-0.2, -0.15) is 0 Å². The summed E-state index contributed by atoms with van der Waals surface area (Å²) in [5, 5.41) is 9.17. The van der Waals surface area contributed by atoms with Gasteiger partial charge in [-0.05, 0) is 35.7 Å². The van der Waals surface area contributed by atoms with Crippen molar-refractivity contribution in [3.05, 3.63) is 36.0 Å². The van der Waals surface area contributed by atoms with Gasteiger partial charge in [-0.3, -0.25) is 0 Å². The van der Waals surface area contributed by atoms with Crippen molar-refractivity contribution >= 4 is 11.7 Å². The van der Waals surface area contributed by atoms with Gasteiger partial charge in [0.05, 0.1) is 18.0 Å². The molecule has 106 valence electrons. The molecule has 0 fully saturated rings. The minimum atomic E-state index is -1.04. The third kappa shape index (κ3) is 2.93. The normalized spacial score (nSPS) is 10.8. The van der Waals surface area contributed by atoms with Gasteiger partial charge in [0.15, 0.2) is 0 Å². The van der Waals surface area contributed by atoms with Crippen molar-refractivity contribution in [1.82, 2.24) is 4.98 Å². The Morgan fingerprint density at radius 1 is 1.35 bits per heavy atom. The van der Waals surface area contributed by atoms with E-state index in [-0.39, 0.29) is 11.3 Å². The first-order valence-corrected chi connectivity index (χ1v) is 6.42. The summed E-state index contributed by atoms with van der Waals surface area (Å²) in [4.78, 5) is 14.1. The Labute approximate surface area is 117 Å². The summed E-state index contributed by atoms with van der Waals surface area (Å²) in [5.74, 6) is 0.175. The van der Waals surface area contributed by atoms with E-state index in [0.29, 0.717) is 18.2 Å². The molecule has 0 saturated heterocycles. The highest BCUT2D eigenvalue weighted by atomic mass is 16.5. The second-order valence-corrected chi connectivity index (χ2v) is 5.03. The van der Waals surface area contributed by atoms with Crippen LogP contribution in [0.25, 0.3) is 11.3 Å². The second-order valence-electron chi connectivity index (χ2n) is 5.03. The summed E-state index contributed by atoms with van der Waals surface area (Å²) in [6, 6.07) is 7.27. The quantitative estimate of drug-likeness (QED) is 0.782. The van der Waals surface area contributed by atoms with Crippen molar-refractivity contribution in [2.75, 3.05) is 12.3 Å². The molecule has 1 heterocycles. The van der Waals surface area contributed by atoms with Gasteiger partial charge in [0.1, 0.15) is 11.3 Å². The molecule has 0 aliphatic heterocycles. The Bertz CT molecular complexity index is 600. The number of ether oxygens (including phenoxy) is 1.